The Bertz CT molecular complexity index is 655. The molecule has 1 fully saturated rings. The molecule has 0 radical (unpaired) electrons. The van der Waals surface area contributed by atoms with Gasteiger partial charge in [0.25, 0.3) is 6.47 Å². The van der Waals surface area contributed by atoms with Gasteiger partial charge in [0, 0.05) is 44.8 Å². The molecule has 0 spiro atoms. The number of piperazine rings is 1. The van der Waals surface area contributed by atoms with Crippen LogP contribution in [0.3, 0.4) is 0 Å². The van der Waals surface area contributed by atoms with Gasteiger partial charge in [-0.05, 0) is 29.8 Å². The smallest absolute Gasteiger partial charge is 0.293 e. The number of nitrogens with zero attached hydrogens (tertiary/aromatic N) is 2. The molecule has 5 heteroatoms. The number of ether oxygens (including phenoxy) is 1. The number of carbonyl (C=O) groups is 1. The van der Waals surface area contributed by atoms with Gasteiger partial charge in [0.15, 0.2) is 0 Å². The van der Waals surface area contributed by atoms with Crippen molar-refractivity contribution < 1.29 is 13.9 Å². The van der Waals surface area contributed by atoms with Crippen molar-refractivity contribution in [3.8, 4) is 0 Å². The summed E-state index contributed by atoms with van der Waals surface area (Å²) in [5, 5.41) is 0. The van der Waals surface area contributed by atoms with Crippen molar-refractivity contribution in [3.05, 3.63) is 66.0 Å². The predicted octanol–water partition coefficient (Wildman–Crippen LogP) is 3.25. The average molecular weight is 342 g/mol. The van der Waals surface area contributed by atoms with E-state index in [0.29, 0.717) is 6.47 Å². The fourth-order valence-corrected chi connectivity index (χ4v) is 3.23. The molecule has 25 heavy (non-hydrogen) atoms. The Morgan fingerprint density at radius 1 is 1.00 bits per heavy atom. The summed E-state index contributed by atoms with van der Waals surface area (Å²) in [4.78, 5) is 15.4. The molecule has 0 saturated carbocycles. The van der Waals surface area contributed by atoms with Crippen LogP contribution in [-0.4, -0.2) is 44.1 Å². The highest BCUT2D eigenvalue weighted by Crippen LogP contribution is 2.22. The van der Waals surface area contributed by atoms with Gasteiger partial charge in [-0.25, -0.2) is 4.39 Å². The summed E-state index contributed by atoms with van der Waals surface area (Å²) in [5.74, 6) is -0.204. The third-order valence-corrected chi connectivity index (χ3v) is 4.66. The lowest BCUT2D eigenvalue weighted by atomic mass is 10.1. The minimum Gasteiger partial charge on any atom is -0.460 e. The summed E-state index contributed by atoms with van der Waals surface area (Å²) >= 11 is 0. The third kappa shape index (κ3) is 4.79. The first-order valence-corrected chi connectivity index (χ1v) is 8.63. The van der Waals surface area contributed by atoms with E-state index in [1.807, 2.05) is 42.5 Å². The lowest BCUT2D eigenvalue weighted by Gasteiger charge is -2.36. The highest BCUT2D eigenvalue weighted by atomic mass is 19.1. The molecule has 3 rings (SSSR count). The summed E-state index contributed by atoms with van der Waals surface area (Å²) in [5.41, 5.74) is 2.09. The first kappa shape index (κ1) is 17.4. The number of anilines is 1. The summed E-state index contributed by atoms with van der Waals surface area (Å²) in [6.07, 6.45) is 0.577. The number of halogens is 1. The Hall–Kier alpha value is -2.40. The van der Waals surface area contributed by atoms with Crippen LogP contribution >= 0.6 is 0 Å². The fraction of sp³-hybridized carbons (Fsp3) is 0.350. The third-order valence-electron chi connectivity index (χ3n) is 4.66. The topological polar surface area (TPSA) is 32.8 Å². The zero-order chi connectivity index (χ0) is 17.5. The van der Waals surface area contributed by atoms with Crippen LogP contribution in [0, 0.1) is 5.82 Å². The van der Waals surface area contributed by atoms with E-state index >= 15 is 0 Å². The van der Waals surface area contributed by atoms with Gasteiger partial charge in [-0.1, -0.05) is 30.3 Å². The van der Waals surface area contributed by atoms with Gasteiger partial charge in [-0.2, -0.15) is 0 Å². The molecule has 132 valence electrons. The maximum Gasteiger partial charge on any atom is 0.293 e. The zero-order valence-corrected chi connectivity index (χ0v) is 14.2. The van der Waals surface area contributed by atoms with E-state index in [1.165, 1.54) is 12.1 Å². The molecule has 1 atom stereocenters. The lowest BCUT2D eigenvalue weighted by molar-refractivity contribution is -0.134. The number of hydrogen-bond donors (Lipinski definition) is 0. The molecule has 1 aliphatic rings. The normalized spacial score (nSPS) is 16.4. The van der Waals surface area contributed by atoms with Crippen LogP contribution in [0.5, 0.6) is 0 Å². The highest BCUT2D eigenvalue weighted by molar-refractivity contribution is 5.46. The number of benzene rings is 2. The van der Waals surface area contributed by atoms with E-state index in [2.05, 4.69) is 9.80 Å². The van der Waals surface area contributed by atoms with Crippen molar-refractivity contribution in [2.45, 2.75) is 12.5 Å². The number of rotatable bonds is 7. The second-order valence-electron chi connectivity index (χ2n) is 6.23. The molecule has 0 bridgehead atoms. The van der Waals surface area contributed by atoms with E-state index in [1.54, 1.807) is 0 Å². The van der Waals surface area contributed by atoms with E-state index in [-0.39, 0.29) is 11.9 Å². The minimum atomic E-state index is -0.204. The highest BCUT2D eigenvalue weighted by Gasteiger charge is 2.19. The molecule has 0 amide bonds. The van der Waals surface area contributed by atoms with Crippen LogP contribution in [0.1, 0.15) is 18.1 Å². The van der Waals surface area contributed by atoms with E-state index in [4.69, 9.17) is 4.74 Å². The molecule has 0 aliphatic carbocycles. The first-order chi connectivity index (χ1) is 12.3. The molecule has 1 saturated heterocycles. The molecule has 2 aromatic rings. The van der Waals surface area contributed by atoms with Crippen molar-refractivity contribution >= 4 is 12.2 Å². The molecular formula is C20H23FN2O2. The fourth-order valence-electron chi connectivity index (χ4n) is 3.23. The lowest BCUT2D eigenvalue weighted by Crippen LogP contribution is -2.46. The van der Waals surface area contributed by atoms with Crippen LogP contribution in [0.25, 0.3) is 0 Å². The molecule has 4 nitrogen and oxygen atoms in total. The Labute approximate surface area is 147 Å². The van der Waals surface area contributed by atoms with Crippen LogP contribution in [0.2, 0.25) is 0 Å². The van der Waals surface area contributed by atoms with E-state index < -0.39 is 0 Å². The minimum absolute atomic E-state index is 0.200. The number of carbonyl (C=O) groups excluding carboxylic acids is 1. The largest absolute Gasteiger partial charge is 0.460 e. The average Bonchev–Trinajstić information content (AvgIpc) is 2.67. The molecular weight excluding hydrogens is 319 g/mol. The quantitative estimate of drug-likeness (QED) is 0.723. The Morgan fingerprint density at radius 2 is 1.68 bits per heavy atom. The Morgan fingerprint density at radius 3 is 2.32 bits per heavy atom. The SMILES string of the molecule is O=COC(CCN1CCN(c2ccc(F)cc2)CC1)c1ccccc1. The summed E-state index contributed by atoms with van der Waals surface area (Å²) in [6, 6.07) is 16.5. The van der Waals surface area contributed by atoms with Crippen molar-refractivity contribution in [1.29, 1.82) is 0 Å². The molecule has 2 aromatic carbocycles. The van der Waals surface area contributed by atoms with Gasteiger partial charge in [0.05, 0.1) is 0 Å². The van der Waals surface area contributed by atoms with Crippen LogP contribution in [-0.2, 0) is 9.53 Å². The van der Waals surface area contributed by atoms with E-state index in [9.17, 15) is 9.18 Å². The van der Waals surface area contributed by atoms with Crippen molar-refractivity contribution in [3.63, 3.8) is 0 Å². The monoisotopic (exact) mass is 342 g/mol. The number of hydrogen-bond acceptors (Lipinski definition) is 4. The van der Waals surface area contributed by atoms with Gasteiger partial charge in [-0.15, -0.1) is 0 Å². The van der Waals surface area contributed by atoms with Crippen LogP contribution < -0.4 is 4.90 Å². The van der Waals surface area contributed by atoms with Gasteiger partial charge < -0.3 is 9.64 Å². The van der Waals surface area contributed by atoms with Gasteiger partial charge in [0.2, 0.25) is 0 Å². The zero-order valence-electron chi connectivity index (χ0n) is 14.2. The predicted molar refractivity (Wildman–Crippen MR) is 96.0 cm³/mol. The van der Waals surface area contributed by atoms with Gasteiger partial charge in [-0.3, -0.25) is 9.69 Å². The van der Waals surface area contributed by atoms with Crippen LogP contribution in [0.15, 0.2) is 54.6 Å². The summed E-state index contributed by atoms with van der Waals surface area (Å²) in [7, 11) is 0. The summed E-state index contributed by atoms with van der Waals surface area (Å²) in [6.45, 7) is 5.13. The molecule has 1 aliphatic heterocycles. The molecule has 0 N–H and O–H groups in total. The van der Waals surface area contributed by atoms with Crippen molar-refractivity contribution in [2.24, 2.45) is 0 Å². The van der Waals surface area contributed by atoms with Gasteiger partial charge in [0.1, 0.15) is 11.9 Å². The molecule has 1 heterocycles. The Kier molecular flexibility index (Phi) is 6.01. The van der Waals surface area contributed by atoms with Crippen molar-refractivity contribution in [2.75, 3.05) is 37.6 Å². The first-order valence-electron chi connectivity index (χ1n) is 8.63. The Balaban J connectivity index is 1.49. The second kappa shape index (κ2) is 8.62. The van der Waals surface area contributed by atoms with E-state index in [0.717, 1.165) is 50.4 Å². The maximum atomic E-state index is 13.0. The van der Waals surface area contributed by atoms with Crippen molar-refractivity contribution in [1.82, 2.24) is 4.90 Å². The summed E-state index contributed by atoms with van der Waals surface area (Å²) < 4.78 is 18.3. The second-order valence-corrected chi connectivity index (χ2v) is 6.23. The van der Waals surface area contributed by atoms with Crippen LogP contribution in [0.4, 0.5) is 10.1 Å². The molecule has 0 aromatic heterocycles. The molecule has 1 unspecified atom stereocenters. The maximum absolute atomic E-state index is 13.0. The standard InChI is InChI=1S/C20H23FN2O2/c21-18-6-8-19(9-7-18)23-14-12-22(13-15-23)11-10-20(25-16-24)17-4-2-1-3-5-17/h1-9,16,20H,10-15H2. The van der Waals surface area contributed by atoms with Gasteiger partial charge >= 0.3 is 0 Å².